The highest BCUT2D eigenvalue weighted by Gasteiger charge is 2.19. The molecule has 1 aliphatic rings. The van der Waals surface area contributed by atoms with Crippen LogP contribution in [-0.2, 0) is 4.79 Å². The molecule has 0 aliphatic carbocycles. The number of fused-ring (bicyclic) bond motifs is 1. The average Bonchev–Trinajstić information content (AvgIpc) is 3.09. The number of carbonyl (C=O) groups excluding carboxylic acids is 1. The molecule has 0 radical (unpaired) electrons. The average molecular weight is 313 g/mol. The van der Waals surface area contributed by atoms with E-state index in [9.17, 15) is 4.79 Å². The molecule has 3 rings (SSSR count). The molecule has 6 nitrogen and oxygen atoms in total. The molecule has 1 aromatic carbocycles. The zero-order chi connectivity index (χ0) is 16.2. The lowest BCUT2D eigenvalue weighted by Gasteiger charge is -2.20. The van der Waals surface area contributed by atoms with Crippen LogP contribution in [0.5, 0.6) is 11.5 Å². The molecule has 1 aliphatic heterocycles. The van der Waals surface area contributed by atoms with E-state index >= 15 is 0 Å². The number of rotatable bonds is 5. The van der Waals surface area contributed by atoms with Crippen LogP contribution in [0.1, 0.15) is 31.0 Å². The van der Waals surface area contributed by atoms with E-state index in [2.05, 4.69) is 15.5 Å². The van der Waals surface area contributed by atoms with Crippen molar-refractivity contribution in [2.24, 2.45) is 0 Å². The van der Waals surface area contributed by atoms with Gasteiger partial charge in [-0.3, -0.25) is 9.89 Å². The van der Waals surface area contributed by atoms with Gasteiger partial charge in [-0.25, -0.2) is 0 Å². The number of aromatic nitrogens is 2. The molecule has 0 saturated carbocycles. The molecule has 2 heterocycles. The van der Waals surface area contributed by atoms with E-state index in [4.69, 9.17) is 9.47 Å². The van der Waals surface area contributed by atoms with Crippen LogP contribution in [0, 0.1) is 0 Å². The quantitative estimate of drug-likeness (QED) is 0.889. The second-order valence-corrected chi connectivity index (χ2v) is 5.32. The predicted molar refractivity (Wildman–Crippen MR) is 86.2 cm³/mol. The van der Waals surface area contributed by atoms with Crippen LogP contribution in [0.2, 0.25) is 0 Å². The standard InChI is InChI=1S/C17H19N3O3/c1-3-22-15-4-5-16-12(7-15)6-13(10-23-16)17(21)20-11(2)14-8-18-19-9-14/h4-9,11H,3,10H2,1-2H3,(H,18,19)(H,20,21)/t11-/m0/s1. The Bertz CT molecular complexity index is 723. The molecule has 23 heavy (non-hydrogen) atoms. The zero-order valence-electron chi connectivity index (χ0n) is 13.1. The van der Waals surface area contributed by atoms with Crippen molar-refractivity contribution < 1.29 is 14.3 Å². The number of benzene rings is 1. The molecule has 1 atom stereocenters. The maximum absolute atomic E-state index is 12.4. The van der Waals surface area contributed by atoms with Gasteiger partial charge in [0.15, 0.2) is 0 Å². The predicted octanol–water partition coefficient (Wildman–Crippen LogP) is 2.46. The second-order valence-electron chi connectivity index (χ2n) is 5.32. The summed E-state index contributed by atoms with van der Waals surface area (Å²) < 4.78 is 11.1. The number of carbonyl (C=O) groups is 1. The van der Waals surface area contributed by atoms with Crippen LogP contribution in [0.4, 0.5) is 0 Å². The Morgan fingerprint density at radius 3 is 3.13 bits per heavy atom. The number of amides is 1. The first-order chi connectivity index (χ1) is 11.2. The highest BCUT2D eigenvalue weighted by Crippen LogP contribution is 2.30. The normalized spacial score (nSPS) is 14.3. The fraction of sp³-hybridized carbons (Fsp3) is 0.294. The van der Waals surface area contributed by atoms with Gasteiger partial charge in [0.25, 0.3) is 5.91 Å². The lowest BCUT2D eigenvalue weighted by Crippen LogP contribution is -2.30. The Balaban J connectivity index is 1.75. The van der Waals surface area contributed by atoms with Gasteiger partial charge < -0.3 is 14.8 Å². The minimum Gasteiger partial charge on any atom is -0.494 e. The largest absolute Gasteiger partial charge is 0.494 e. The fourth-order valence-electron chi connectivity index (χ4n) is 2.41. The monoisotopic (exact) mass is 313 g/mol. The van der Waals surface area contributed by atoms with Gasteiger partial charge in [0, 0.05) is 17.3 Å². The van der Waals surface area contributed by atoms with Crippen LogP contribution in [-0.4, -0.2) is 29.3 Å². The summed E-state index contributed by atoms with van der Waals surface area (Å²) in [5, 5.41) is 9.57. The molecule has 0 spiro atoms. The smallest absolute Gasteiger partial charge is 0.251 e. The highest BCUT2D eigenvalue weighted by molar-refractivity contribution is 5.99. The van der Waals surface area contributed by atoms with Crippen molar-refractivity contribution in [2.75, 3.05) is 13.2 Å². The van der Waals surface area contributed by atoms with Crippen LogP contribution >= 0.6 is 0 Å². The SMILES string of the molecule is CCOc1ccc2c(c1)C=C(C(=O)N[C@@H](C)c1cn[nH]c1)CO2. The van der Waals surface area contributed by atoms with E-state index in [0.717, 1.165) is 22.6 Å². The van der Waals surface area contributed by atoms with E-state index in [-0.39, 0.29) is 18.6 Å². The van der Waals surface area contributed by atoms with Gasteiger partial charge in [0.1, 0.15) is 18.1 Å². The van der Waals surface area contributed by atoms with Crippen molar-refractivity contribution >= 4 is 12.0 Å². The van der Waals surface area contributed by atoms with Gasteiger partial charge in [0.05, 0.1) is 24.4 Å². The van der Waals surface area contributed by atoms with Crippen LogP contribution < -0.4 is 14.8 Å². The third-order valence-corrected chi connectivity index (χ3v) is 3.66. The molecule has 1 aromatic heterocycles. The summed E-state index contributed by atoms with van der Waals surface area (Å²) in [6.45, 7) is 4.69. The molecule has 0 fully saturated rings. The summed E-state index contributed by atoms with van der Waals surface area (Å²) in [6.07, 6.45) is 5.31. The number of nitrogens with one attached hydrogen (secondary N) is 2. The Morgan fingerprint density at radius 1 is 1.52 bits per heavy atom. The van der Waals surface area contributed by atoms with Crippen molar-refractivity contribution in [3.05, 3.63) is 47.3 Å². The number of H-pyrrole nitrogens is 1. The van der Waals surface area contributed by atoms with Crippen LogP contribution in [0.25, 0.3) is 6.08 Å². The van der Waals surface area contributed by atoms with E-state index in [1.54, 1.807) is 12.4 Å². The third kappa shape index (κ3) is 3.36. The molecular formula is C17H19N3O3. The molecule has 0 unspecified atom stereocenters. The zero-order valence-corrected chi connectivity index (χ0v) is 13.1. The van der Waals surface area contributed by atoms with Gasteiger partial charge in [-0.2, -0.15) is 5.10 Å². The summed E-state index contributed by atoms with van der Waals surface area (Å²) in [5.74, 6) is 1.37. The topological polar surface area (TPSA) is 76.2 Å². The Morgan fingerprint density at radius 2 is 2.39 bits per heavy atom. The van der Waals surface area contributed by atoms with Crippen LogP contribution in [0.15, 0.2) is 36.2 Å². The molecule has 6 heteroatoms. The van der Waals surface area contributed by atoms with Crippen molar-refractivity contribution in [3.63, 3.8) is 0 Å². The molecule has 2 N–H and O–H groups in total. The second kappa shape index (κ2) is 6.56. The summed E-state index contributed by atoms with van der Waals surface area (Å²) in [7, 11) is 0. The van der Waals surface area contributed by atoms with E-state index in [1.807, 2.05) is 38.1 Å². The third-order valence-electron chi connectivity index (χ3n) is 3.66. The van der Waals surface area contributed by atoms with Crippen molar-refractivity contribution in [1.82, 2.24) is 15.5 Å². The minimum absolute atomic E-state index is 0.127. The summed E-state index contributed by atoms with van der Waals surface area (Å²) >= 11 is 0. The highest BCUT2D eigenvalue weighted by atomic mass is 16.5. The van der Waals surface area contributed by atoms with Gasteiger partial charge in [-0.15, -0.1) is 0 Å². The first-order valence-electron chi connectivity index (χ1n) is 7.57. The molecule has 0 bridgehead atoms. The van der Waals surface area contributed by atoms with Gasteiger partial charge in [0.2, 0.25) is 0 Å². The molecule has 2 aromatic rings. The number of aromatic amines is 1. The molecule has 1 amide bonds. The van der Waals surface area contributed by atoms with E-state index in [1.165, 1.54) is 0 Å². The molecular weight excluding hydrogens is 294 g/mol. The Hall–Kier alpha value is -2.76. The maximum atomic E-state index is 12.4. The lowest BCUT2D eigenvalue weighted by molar-refractivity contribution is -0.118. The van der Waals surface area contributed by atoms with Gasteiger partial charge in [-0.05, 0) is 38.1 Å². The van der Waals surface area contributed by atoms with Crippen molar-refractivity contribution in [2.45, 2.75) is 19.9 Å². The maximum Gasteiger partial charge on any atom is 0.251 e. The van der Waals surface area contributed by atoms with Crippen molar-refractivity contribution in [3.8, 4) is 11.5 Å². The summed E-state index contributed by atoms with van der Waals surface area (Å²) in [5.41, 5.74) is 2.36. The summed E-state index contributed by atoms with van der Waals surface area (Å²) in [4.78, 5) is 12.4. The summed E-state index contributed by atoms with van der Waals surface area (Å²) in [6, 6.07) is 5.48. The number of ether oxygens (including phenoxy) is 2. The molecule has 120 valence electrons. The number of hydrogen-bond acceptors (Lipinski definition) is 4. The Labute approximate surface area is 134 Å². The van der Waals surface area contributed by atoms with Crippen molar-refractivity contribution in [1.29, 1.82) is 0 Å². The fourth-order valence-corrected chi connectivity index (χ4v) is 2.41. The Kier molecular flexibility index (Phi) is 4.32. The van der Waals surface area contributed by atoms with Gasteiger partial charge >= 0.3 is 0 Å². The first-order valence-corrected chi connectivity index (χ1v) is 7.57. The van der Waals surface area contributed by atoms with Gasteiger partial charge in [-0.1, -0.05) is 0 Å². The van der Waals surface area contributed by atoms with E-state index in [0.29, 0.717) is 12.2 Å². The minimum atomic E-state index is -0.147. The number of nitrogens with zero attached hydrogens (tertiary/aromatic N) is 1. The van der Waals surface area contributed by atoms with Crippen LogP contribution in [0.3, 0.4) is 0 Å². The lowest BCUT2D eigenvalue weighted by atomic mass is 10.1. The number of hydrogen-bond donors (Lipinski definition) is 2. The molecule has 0 saturated heterocycles. The first kappa shape index (κ1) is 15.1. The van der Waals surface area contributed by atoms with E-state index < -0.39 is 0 Å².